The molecule has 0 amide bonds. The lowest BCUT2D eigenvalue weighted by Crippen LogP contribution is -2.42. The van der Waals surface area contributed by atoms with Crippen LogP contribution < -0.4 is 14.8 Å². The molecule has 2 heterocycles. The van der Waals surface area contributed by atoms with Gasteiger partial charge in [-0.1, -0.05) is 24.3 Å². The Labute approximate surface area is 131 Å². The first-order valence-corrected chi connectivity index (χ1v) is 8.11. The van der Waals surface area contributed by atoms with Crippen molar-refractivity contribution in [3.8, 4) is 17.2 Å². The van der Waals surface area contributed by atoms with Gasteiger partial charge >= 0.3 is 0 Å². The fourth-order valence-electron chi connectivity index (χ4n) is 3.53. The first kappa shape index (κ1) is 13.6. The molecule has 0 aliphatic carbocycles. The molecule has 0 unspecified atom stereocenters. The van der Waals surface area contributed by atoms with Crippen molar-refractivity contribution in [2.45, 2.75) is 43.9 Å². The first-order valence-electron chi connectivity index (χ1n) is 8.11. The summed E-state index contributed by atoms with van der Waals surface area (Å²) >= 11 is 0. The van der Waals surface area contributed by atoms with Gasteiger partial charge in [-0.2, -0.15) is 0 Å². The average molecular weight is 295 g/mol. The number of ether oxygens (including phenoxy) is 2. The van der Waals surface area contributed by atoms with Crippen molar-refractivity contribution in [3.05, 3.63) is 54.6 Å². The quantitative estimate of drug-likeness (QED) is 0.919. The predicted molar refractivity (Wildman–Crippen MR) is 86.6 cm³/mol. The molecule has 3 atom stereocenters. The third kappa shape index (κ3) is 3.09. The van der Waals surface area contributed by atoms with Crippen LogP contribution in [-0.4, -0.2) is 18.2 Å². The van der Waals surface area contributed by atoms with E-state index in [1.54, 1.807) is 0 Å². The molecule has 2 aliphatic rings. The van der Waals surface area contributed by atoms with Crippen LogP contribution in [0.5, 0.6) is 17.2 Å². The van der Waals surface area contributed by atoms with Crippen molar-refractivity contribution in [1.82, 2.24) is 5.32 Å². The summed E-state index contributed by atoms with van der Waals surface area (Å²) in [5.74, 6) is 2.57. The van der Waals surface area contributed by atoms with Gasteiger partial charge in [0.05, 0.1) is 0 Å². The lowest BCUT2D eigenvalue weighted by Gasteiger charge is -2.29. The van der Waals surface area contributed by atoms with Gasteiger partial charge < -0.3 is 14.8 Å². The predicted octanol–water partition coefficient (Wildman–Crippen LogP) is 4.14. The zero-order valence-electron chi connectivity index (χ0n) is 12.6. The zero-order valence-corrected chi connectivity index (χ0v) is 12.6. The van der Waals surface area contributed by atoms with Crippen molar-refractivity contribution < 1.29 is 9.47 Å². The monoisotopic (exact) mass is 295 g/mol. The zero-order chi connectivity index (χ0) is 14.8. The molecule has 2 aliphatic heterocycles. The number of fused-ring (bicyclic) bond motifs is 2. The van der Waals surface area contributed by atoms with E-state index in [4.69, 9.17) is 9.47 Å². The van der Waals surface area contributed by atoms with Crippen LogP contribution in [0.25, 0.3) is 0 Å². The van der Waals surface area contributed by atoms with E-state index in [1.807, 2.05) is 54.6 Å². The van der Waals surface area contributed by atoms with Crippen molar-refractivity contribution in [3.63, 3.8) is 0 Å². The summed E-state index contributed by atoms with van der Waals surface area (Å²) in [5.41, 5.74) is 0. The van der Waals surface area contributed by atoms with E-state index in [1.165, 1.54) is 12.8 Å². The molecular formula is C19H21NO2. The topological polar surface area (TPSA) is 30.5 Å². The van der Waals surface area contributed by atoms with Crippen molar-refractivity contribution >= 4 is 0 Å². The summed E-state index contributed by atoms with van der Waals surface area (Å²) in [6.45, 7) is 0. The fourth-order valence-corrected chi connectivity index (χ4v) is 3.53. The van der Waals surface area contributed by atoms with Gasteiger partial charge in [-0.05, 0) is 49.9 Å². The van der Waals surface area contributed by atoms with Gasteiger partial charge in [-0.25, -0.2) is 0 Å². The van der Waals surface area contributed by atoms with E-state index < -0.39 is 0 Å². The summed E-state index contributed by atoms with van der Waals surface area (Å²) < 4.78 is 12.1. The Kier molecular flexibility index (Phi) is 3.73. The van der Waals surface area contributed by atoms with Crippen molar-refractivity contribution in [2.24, 2.45) is 0 Å². The minimum Gasteiger partial charge on any atom is -0.490 e. The van der Waals surface area contributed by atoms with E-state index in [-0.39, 0.29) is 0 Å². The molecule has 2 aromatic carbocycles. The average Bonchev–Trinajstić information content (AvgIpc) is 2.87. The summed E-state index contributed by atoms with van der Waals surface area (Å²) in [6.07, 6.45) is 5.13. The highest BCUT2D eigenvalue weighted by Crippen LogP contribution is 2.31. The third-order valence-corrected chi connectivity index (χ3v) is 4.52. The first-order chi connectivity index (χ1) is 10.8. The Bertz CT molecular complexity index is 616. The van der Waals surface area contributed by atoms with E-state index in [2.05, 4.69) is 5.32 Å². The number of para-hydroxylation sites is 1. The lowest BCUT2D eigenvalue weighted by molar-refractivity contribution is 0.137. The normalized spacial score (nSPS) is 26.6. The van der Waals surface area contributed by atoms with E-state index in [0.29, 0.717) is 18.2 Å². The summed E-state index contributed by atoms with van der Waals surface area (Å²) in [4.78, 5) is 0. The molecule has 22 heavy (non-hydrogen) atoms. The van der Waals surface area contributed by atoms with Crippen LogP contribution in [0.3, 0.4) is 0 Å². The Morgan fingerprint density at radius 2 is 1.45 bits per heavy atom. The van der Waals surface area contributed by atoms with Crippen LogP contribution in [0.2, 0.25) is 0 Å². The minimum atomic E-state index is 0.325. The number of rotatable bonds is 4. The standard InChI is InChI=1S/C19H21NO2/c1-2-5-16(6-3-1)21-17-7-4-8-18(13-17)22-19-11-14-9-10-15(12-19)20-14/h1-8,13-15,19-20H,9-12H2/t14-,15+,19-. The van der Waals surface area contributed by atoms with Crippen LogP contribution in [0.4, 0.5) is 0 Å². The van der Waals surface area contributed by atoms with Gasteiger partial charge in [0.25, 0.3) is 0 Å². The van der Waals surface area contributed by atoms with E-state index in [0.717, 1.165) is 30.1 Å². The van der Waals surface area contributed by atoms with E-state index in [9.17, 15) is 0 Å². The molecule has 0 saturated carbocycles. The Morgan fingerprint density at radius 3 is 2.23 bits per heavy atom. The number of nitrogens with one attached hydrogen (secondary N) is 1. The summed E-state index contributed by atoms with van der Waals surface area (Å²) in [5, 5.41) is 3.65. The Morgan fingerprint density at radius 1 is 0.773 bits per heavy atom. The SMILES string of the molecule is c1ccc(Oc2cccc(O[C@@H]3C[C@H]4CC[C@@H](C3)N4)c2)cc1. The maximum Gasteiger partial charge on any atom is 0.131 e. The van der Waals surface area contributed by atoms with Crippen LogP contribution in [0.15, 0.2) is 54.6 Å². The highest BCUT2D eigenvalue weighted by atomic mass is 16.5. The molecular weight excluding hydrogens is 274 g/mol. The largest absolute Gasteiger partial charge is 0.490 e. The van der Waals surface area contributed by atoms with Crippen molar-refractivity contribution in [1.29, 1.82) is 0 Å². The molecule has 3 heteroatoms. The number of hydrogen-bond donors (Lipinski definition) is 1. The smallest absolute Gasteiger partial charge is 0.131 e. The molecule has 4 rings (SSSR count). The van der Waals surface area contributed by atoms with Crippen LogP contribution in [0.1, 0.15) is 25.7 Å². The summed E-state index contributed by atoms with van der Waals surface area (Å²) in [6, 6.07) is 19.1. The molecule has 0 spiro atoms. The second kappa shape index (κ2) is 6.01. The molecule has 0 aromatic heterocycles. The third-order valence-electron chi connectivity index (χ3n) is 4.52. The van der Waals surface area contributed by atoms with Crippen LogP contribution >= 0.6 is 0 Å². The number of benzene rings is 2. The summed E-state index contributed by atoms with van der Waals surface area (Å²) in [7, 11) is 0. The van der Waals surface area contributed by atoms with E-state index >= 15 is 0 Å². The molecule has 2 bridgehead atoms. The molecule has 1 N–H and O–H groups in total. The lowest BCUT2D eigenvalue weighted by atomic mass is 10.0. The highest BCUT2D eigenvalue weighted by molar-refractivity contribution is 5.36. The maximum atomic E-state index is 6.19. The second-order valence-corrected chi connectivity index (χ2v) is 6.24. The van der Waals surface area contributed by atoms with Crippen LogP contribution in [0, 0.1) is 0 Å². The molecule has 2 saturated heterocycles. The molecule has 2 fully saturated rings. The molecule has 114 valence electrons. The van der Waals surface area contributed by atoms with Crippen LogP contribution in [-0.2, 0) is 0 Å². The van der Waals surface area contributed by atoms with Gasteiger partial charge in [-0.15, -0.1) is 0 Å². The van der Waals surface area contributed by atoms with Gasteiger partial charge in [0.2, 0.25) is 0 Å². The number of piperidine rings is 1. The Hall–Kier alpha value is -2.00. The number of hydrogen-bond acceptors (Lipinski definition) is 3. The molecule has 2 aromatic rings. The molecule has 3 nitrogen and oxygen atoms in total. The minimum absolute atomic E-state index is 0.325. The van der Waals surface area contributed by atoms with Gasteiger partial charge in [0.1, 0.15) is 23.4 Å². The fraction of sp³-hybridized carbons (Fsp3) is 0.368. The van der Waals surface area contributed by atoms with Gasteiger partial charge in [0, 0.05) is 18.2 Å². The highest BCUT2D eigenvalue weighted by Gasteiger charge is 2.34. The van der Waals surface area contributed by atoms with Gasteiger partial charge in [-0.3, -0.25) is 0 Å². The maximum absolute atomic E-state index is 6.19. The van der Waals surface area contributed by atoms with Crippen molar-refractivity contribution in [2.75, 3.05) is 0 Å². The Balaban J connectivity index is 1.43. The molecule has 0 radical (unpaired) electrons. The second-order valence-electron chi connectivity index (χ2n) is 6.24. The van der Waals surface area contributed by atoms with Gasteiger partial charge in [0.15, 0.2) is 0 Å².